The highest BCUT2D eigenvalue weighted by molar-refractivity contribution is 5.78. The molecular formula is C11H22N2O. The Kier molecular flexibility index (Phi) is 4.39. The quantitative estimate of drug-likeness (QED) is 0.675. The maximum Gasteiger partial charge on any atom is 0.223 e. The number of hydrogen-bond acceptors (Lipinski definition) is 2. The summed E-state index contributed by atoms with van der Waals surface area (Å²) >= 11 is 0. The average Bonchev–Trinajstić information content (AvgIpc) is 2.96. The Hall–Kier alpha value is -0.570. The zero-order chi connectivity index (χ0) is 10.6. The molecule has 14 heavy (non-hydrogen) atoms. The zero-order valence-corrected chi connectivity index (χ0v) is 9.25. The standard InChI is InChI=1S/C11H22N2O/c1-8(4-3-7-12)11(14)13-9(2)10-5-6-10/h8-10H,3-7,12H2,1-2H3,(H,13,14). The van der Waals surface area contributed by atoms with Crippen LogP contribution in [-0.2, 0) is 4.79 Å². The lowest BCUT2D eigenvalue weighted by Gasteiger charge is -2.16. The van der Waals surface area contributed by atoms with Crippen molar-refractivity contribution in [2.24, 2.45) is 17.6 Å². The lowest BCUT2D eigenvalue weighted by Crippen LogP contribution is -2.37. The molecule has 0 aromatic rings. The second kappa shape index (κ2) is 5.35. The minimum atomic E-state index is 0.111. The molecule has 2 unspecified atom stereocenters. The van der Waals surface area contributed by atoms with Crippen molar-refractivity contribution < 1.29 is 4.79 Å². The molecule has 3 nitrogen and oxygen atoms in total. The molecule has 0 aromatic carbocycles. The molecule has 0 aromatic heterocycles. The zero-order valence-electron chi connectivity index (χ0n) is 9.25. The summed E-state index contributed by atoms with van der Waals surface area (Å²) in [6.07, 6.45) is 4.39. The monoisotopic (exact) mass is 198 g/mol. The second-order valence-electron chi connectivity index (χ2n) is 4.47. The first-order valence-corrected chi connectivity index (χ1v) is 5.65. The highest BCUT2D eigenvalue weighted by Gasteiger charge is 2.29. The van der Waals surface area contributed by atoms with Crippen LogP contribution in [0.4, 0.5) is 0 Å². The molecule has 1 saturated carbocycles. The molecule has 1 aliphatic carbocycles. The van der Waals surface area contributed by atoms with Gasteiger partial charge in [0.1, 0.15) is 0 Å². The Balaban J connectivity index is 2.18. The van der Waals surface area contributed by atoms with Crippen LogP contribution in [0.5, 0.6) is 0 Å². The van der Waals surface area contributed by atoms with Gasteiger partial charge in [-0.2, -0.15) is 0 Å². The molecule has 3 heteroatoms. The summed E-state index contributed by atoms with van der Waals surface area (Å²) < 4.78 is 0. The third-order valence-electron chi connectivity index (χ3n) is 2.99. The molecule has 1 amide bonds. The summed E-state index contributed by atoms with van der Waals surface area (Å²) in [4.78, 5) is 11.6. The van der Waals surface area contributed by atoms with Crippen molar-refractivity contribution in [3.05, 3.63) is 0 Å². The summed E-state index contributed by atoms with van der Waals surface area (Å²) in [7, 11) is 0. The normalized spacial score (nSPS) is 20.2. The molecule has 2 atom stereocenters. The Labute approximate surface area is 86.4 Å². The van der Waals surface area contributed by atoms with E-state index >= 15 is 0 Å². The molecule has 0 bridgehead atoms. The van der Waals surface area contributed by atoms with Gasteiger partial charge in [-0.05, 0) is 45.1 Å². The molecule has 0 radical (unpaired) electrons. The second-order valence-corrected chi connectivity index (χ2v) is 4.47. The fourth-order valence-corrected chi connectivity index (χ4v) is 1.64. The minimum Gasteiger partial charge on any atom is -0.353 e. The van der Waals surface area contributed by atoms with Gasteiger partial charge >= 0.3 is 0 Å². The van der Waals surface area contributed by atoms with Crippen molar-refractivity contribution in [1.82, 2.24) is 5.32 Å². The maximum absolute atomic E-state index is 11.6. The fraction of sp³-hybridized carbons (Fsp3) is 0.909. The van der Waals surface area contributed by atoms with Crippen LogP contribution in [0.2, 0.25) is 0 Å². The molecule has 82 valence electrons. The number of nitrogens with one attached hydrogen (secondary N) is 1. The first-order chi connectivity index (χ1) is 6.65. The molecule has 1 fully saturated rings. The van der Waals surface area contributed by atoms with Gasteiger partial charge in [-0.15, -0.1) is 0 Å². The number of rotatable bonds is 6. The number of carbonyl (C=O) groups excluding carboxylic acids is 1. The first-order valence-electron chi connectivity index (χ1n) is 5.65. The van der Waals surface area contributed by atoms with E-state index in [1.807, 2.05) is 6.92 Å². The van der Waals surface area contributed by atoms with Crippen LogP contribution in [0.3, 0.4) is 0 Å². The third kappa shape index (κ3) is 3.66. The Morgan fingerprint density at radius 2 is 2.14 bits per heavy atom. The van der Waals surface area contributed by atoms with E-state index in [1.54, 1.807) is 0 Å². The van der Waals surface area contributed by atoms with Crippen molar-refractivity contribution in [3.63, 3.8) is 0 Å². The van der Waals surface area contributed by atoms with Crippen LogP contribution in [0, 0.1) is 11.8 Å². The van der Waals surface area contributed by atoms with E-state index in [4.69, 9.17) is 5.73 Å². The van der Waals surface area contributed by atoms with Crippen molar-refractivity contribution in [2.45, 2.75) is 45.6 Å². The van der Waals surface area contributed by atoms with Gasteiger partial charge in [0.05, 0.1) is 0 Å². The predicted molar refractivity (Wildman–Crippen MR) is 57.8 cm³/mol. The van der Waals surface area contributed by atoms with E-state index in [0.29, 0.717) is 12.6 Å². The number of carbonyl (C=O) groups is 1. The summed E-state index contributed by atoms with van der Waals surface area (Å²) in [5.41, 5.74) is 5.40. The lowest BCUT2D eigenvalue weighted by atomic mass is 10.0. The van der Waals surface area contributed by atoms with Gasteiger partial charge in [0.2, 0.25) is 5.91 Å². The average molecular weight is 198 g/mol. The topological polar surface area (TPSA) is 55.1 Å². The molecule has 0 heterocycles. The van der Waals surface area contributed by atoms with E-state index in [9.17, 15) is 4.79 Å². The van der Waals surface area contributed by atoms with Crippen molar-refractivity contribution in [3.8, 4) is 0 Å². The van der Waals surface area contributed by atoms with E-state index in [0.717, 1.165) is 18.8 Å². The van der Waals surface area contributed by atoms with E-state index in [-0.39, 0.29) is 11.8 Å². The van der Waals surface area contributed by atoms with Crippen LogP contribution < -0.4 is 11.1 Å². The number of hydrogen-bond donors (Lipinski definition) is 2. The highest BCUT2D eigenvalue weighted by atomic mass is 16.1. The van der Waals surface area contributed by atoms with Gasteiger partial charge in [0.15, 0.2) is 0 Å². The van der Waals surface area contributed by atoms with Gasteiger partial charge in [-0.3, -0.25) is 4.79 Å². The van der Waals surface area contributed by atoms with Gasteiger partial charge in [0, 0.05) is 12.0 Å². The van der Waals surface area contributed by atoms with Gasteiger partial charge in [0.25, 0.3) is 0 Å². The fourth-order valence-electron chi connectivity index (χ4n) is 1.64. The molecule has 1 rings (SSSR count). The maximum atomic E-state index is 11.6. The van der Waals surface area contributed by atoms with Gasteiger partial charge in [-0.1, -0.05) is 6.92 Å². The molecule has 3 N–H and O–H groups in total. The summed E-state index contributed by atoms with van der Waals surface area (Å²) in [5.74, 6) is 1.04. The lowest BCUT2D eigenvalue weighted by molar-refractivity contribution is -0.125. The van der Waals surface area contributed by atoms with Crippen molar-refractivity contribution in [1.29, 1.82) is 0 Å². The van der Waals surface area contributed by atoms with Crippen LogP contribution in [0.1, 0.15) is 39.5 Å². The summed E-state index contributed by atoms with van der Waals surface area (Å²) in [6, 6.07) is 0.364. The van der Waals surface area contributed by atoms with E-state index in [1.165, 1.54) is 12.8 Å². The first kappa shape index (κ1) is 11.5. The third-order valence-corrected chi connectivity index (χ3v) is 2.99. The Bertz CT molecular complexity index is 190. The Morgan fingerprint density at radius 1 is 1.50 bits per heavy atom. The highest BCUT2D eigenvalue weighted by Crippen LogP contribution is 2.32. The molecule has 0 spiro atoms. The summed E-state index contributed by atoms with van der Waals surface area (Å²) in [6.45, 7) is 4.76. The smallest absolute Gasteiger partial charge is 0.223 e. The SMILES string of the molecule is CC(CCCN)C(=O)NC(C)C1CC1. The van der Waals surface area contributed by atoms with Crippen LogP contribution in [0.25, 0.3) is 0 Å². The molecule has 0 aliphatic heterocycles. The predicted octanol–water partition coefficient (Wildman–Crippen LogP) is 1.28. The van der Waals surface area contributed by atoms with Gasteiger partial charge < -0.3 is 11.1 Å². The number of nitrogens with two attached hydrogens (primary N) is 1. The molecular weight excluding hydrogens is 176 g/mol. The summed E-state index contributed by atoms with van der Waals surface area (Å²) in [5, 5.41) is 3.07. The minimum absolute atomic E-state index is 0.111. The largest absolute Gasteiger partial charge is 0.353 e. The molecule has 1 aliphatic rings. The van der Waals surface area contributed by atoms with Crippen molar-refractivity contribution in [2.75, 3.05) is 6.54 Å². The van der Waals surface area contributed by atoms with Crippen LogP contribution in [-0.4, -0.2) is 18.5 Å². The van der Waals surface area contributed by atoms with Crippen molar-refractivity contribution >= 4 is 5.91 Å². The number of amides is 1. The van der Waals surface area contributed by atoms with E-state index in [2.05, 4.69) is 12.2 Å². The molecule has 0 saturated heterocycles. The van der Waals surface area contributed by atoms with Crippen LogP contribution in [0.15, 0.2) is 0 Å². The van der Waals surface area contributed by atoms with Crippen LogP contribution >= 0.6 is 0 Å². The Morgan fingerprint density at radius 3 is 2.64 bits per heavy atom. The van der Waals surface area contributed by atoms with Gasteiger partial charge in [-0.25, -0.2) is 0 Å². The van der Waals surface area contributed by atoms with E-state index < -0.39 is 0 Å².